The van der Waals surface area contributed by atoms with Gasteiger partial charge in [-0.05, 0) is 31.2 Å². The minimum Gasteiger partial charge on any atom is -0.354 e. The third kappa shape index (κ3) is 4.50. The van der Waals surface area contributed by atoms with Gasteiger partial charge in [-0.15, -0.1) is 0 Å². The van der Waals surface area contributed by atoms with E-state index in [1.54, 1.807) is 14.2 Å². The molecule has 0 unspecified atom stereocenters. The molecule has 1 aliphatic heterocycles. The lowest BCUT2D eigenvalue weighted by Gasteiger charge is -2.19. The summed E-state index contributed by atoms with van der Waals surface area (Å²) in [6.45, 7) is 2.30. The predicted molar refractivity (Wildman–Crippen MR) is 112 cm³/mol. The van der Waals surface area contributed by atoms with Gasteiger partial charge >= 0.3 is 0 Å². The number of methoxy groups -OCH3 is 2. The molecule has 27 heavy (non-hydrogen) atoms. The highest BCUT2D eigenvalue weighted by Gasteiger charge is 2.21. The lowest BCUT2D eigenvalue weighted by atomic mass is 10.0. The van der Waals surface area contributed by atoms with E-state index in [0.29, 0.717) is 22.4 Å². The van der Waals surface area contributed by atoms with Crippen LogP contribution in [0.25, 0.3) is 0 Å². The van der Waals surface area contributed by atoms with Crippen molar-refractivity contribution in [2.24, 2.45) is 9.98 Å². The number of hydrogen-bond donors (Lipinski definition) is 1. The Labute approximate surface area is 169 Å². The lowest BCUT2D eigenvalue weighted by Crippen LogP contribution is -2.28. The van der Waals surface area contributed by atoms with Gasteiger partial charge in [0, 0.05) is 41.1 Å². The summed E-state index contributed by atoms with van der Waals surface area (Å²) >= 11 is 12.7. The van der Waals surface area contributed by atoms with E-state index in [0.717, 1.165) is 22.5 Å². The van der Waals surface area contributed by atoms with E-state index < -0.39 is 6.29 Å². The molecule has 142 valence electrons. The van der Waals surface area contributed by atoms with Crippen molar-refractivity contribution in [1.29, 1.82) is 0 Å². The lowest BCUT2D eigenvalue weighted by molar-refractivity contribution is -0.112. The number of fused-ring (bicyclic) bond motifs is 1. The van der Waals surface area contributed by atoms with Crippen LogP contribution in [0.2, 0.25) is 10.0 Å². The summed E-state index contributed by atoms with van der Waals surface area (Å²) in [6.07, 6.45) is -0.431. The zero-order valence-electron chi connectivity index (χ0n) is 15.4. The smallest absolute Gasteiger partial charge is 0.178 e. The summed E-state index contributed by atoms with van der Waals surface area (Å²) < 4.78 is 10.6. The minimum absolute atomic E-state index is 0.199. The Kier molecular flexibility index (Phi) is 6.50. The molecule has 2 aromatic rings. The molecule has 0 saturated heterocycles. The fourth-order valence-electron chi connectivity index (χ4n) is 3.01. The Morgan fingerprint density at radius 1 is 1.07 bits per heavy atom. The molecule has 0 saturated carbocycles. The number of benzene rings is 2. The van der Waals surface area contributed by atoms with Crippen molar-refractivity contribution in [2.45, 2.75) is 19.3 Å². The molecular formula is C20H21Cl2N3O2. The van der Waals surface area contributed by atoms with Crippen molar-refractivity contribution in [3.8, 4) is 0 Å². The molecule has 1 heterocycles. The standard InChI is InChI=1S/C20H21Cl2N3O2/c1-12(20(26-2)27-3)24-18-11-23-19(14-6-4-5-7-16(14)22)15-10-13(21)8-9-17(15)25-18/h4-10,12,20H,11H2,1-3H3,(H,24,25)/t12-/m0/s1. The Bertz CT molecular complexity index is 879. The van der Waals surface area contributed by atoms with E-state index in [2.05, 4.69) is 5.32 Å². The molecule has 1 N–H and O–H groups in total. The molecule has 0 spiro atoms. The number of nitrogens with zero attached hydrogens (tertiary/aromatic N) is 2. The molecule has 2 aromatic carbocycles. The Morgan fingerprint density at radius 2 is 1.81 bits per heavy atom. The van der Waals surface area contributed by atoms with Gasteiger partial charge in [-0.25, -0.2) is 0 Å². The maximum atomic E-state index is 6.42. The maximum Gasteiger partial charge on any atom is 0.178 e. The molecule has 1 aliphatic rings. The van der Waals surface area contributed by atoms with Gasteiger partial charge in [-0.3, -0.25) is 9.98 Å². The van der Waals surface area contributed by atoms with E-state index in [9.17, 15) is 0 Å². The van der Waals surface area contributed by atoms with Crippen molar-refractivity contribution in [3.63, 3.8) is 0 Å². The number of nitrogens with one attached hydrogen (secondary N) is 1. The van der Waals surface area contributed by atoms with Crippen molar-refractivity contribution in [3.05, 3.63) is 63.6 Å². The first-order valence-electron chi connectivity index (χ1n) is 8.52. The summed E-state index contributed by atoms with van der Waals surface area (Å²) in [5, 5.41) is 4.62. The number of rotatable bonds is 5. The van der Waals surface area contributed by atoms with Crippen LogP contribution in [-0.2, 0) is 9.47 Å². The number of aliphatic imine (C=N–C) groups is 2. The Hall–Kier alpha value is -1.92. The average Bonchev–Trinajstić information content (AvgIpc) is 2.82. The molecule has 5 nitrogen and oxygen atoms in total. The van der Waals surface area contributed by atoms with Gasteiger partial charge in [0.1, 0.15) is 11.9 Å². The number of hydrogen-bond acceptors (Lipinski definition) is 4. The van der Waals surface area contributed by atoms with Gasteiger partial charge in [0.15, 0.2) is 6.29 Å². The van der Waals surface area contributed by atoms with Crippen LogP contribution in [0.5, 0.6) is 0 Å². The summed E-state index contributed by atoms with van der Waals surface area (Å²) in [5.41, 5.74) is 3.38. The van der Waals surface area contributed by atoms with Crippen LogP contribution in [0, 0.1) is 0 Å². The number of halogens is 2. The zero-order valence-corrected chi connectivity index (χ0v) is 16.9. The molecule has 1 atom stereocenters. The predicted octanol–water partition coefficient (Wildman–Crippen LogP) is 4.66. The second-order valence-corrected chi connectivity index (χ2v) is 6.96. The van der Waals surface area contributed by atoms with E-state index >= 15 is 0 Å². The maximum absolute atomic E-state index is 6.42. The first kappa shape index (κ1) is 19.8. The van der Waals surface area contributed by atoms with E-state index in [1.165, 1.54) is 0 Å². The highest BCUT2D eigenvalue weighted by molar-refractivity contribution is 6.36. The first-order chi connectivity index (χ1) is 13.0. The average molecular weight is 406 g/mol. The largest absolute Gasteiger partial charge is 0.354 e. The van der Waals surface area contributed by atoms with Gasteiger partial charge in [-0.2, -0.15) is 0 Å². The van der Waals surface area contributed by atoms with Crippen molar-refractivity contribution in [1.82, 2.24) is 0 Å². The molecular weight excluding hydrogens is 385 g/mol. The fourth-order valence-corrected chi connectivity index (χ4v) is 3.41. The molecule has 0 amide bonds. The van der Waals surface area contributed by atoms with E-state index in [-0.39, 0.29) is 6.04 Å². The molecule has 0 radical (unpaired) electrons. The second-order valence-electron chi connectivity index (χ2n) is 6.12. The third-order valence-electron chi connectivity index (χ3n) is 4.25. The van der Waals surface area contributed by atoms with Crippen molar-refractivity contribution >= 4 is 40.4 Å². The van der Waals surface area contributed by atoms with Gasteiger partial charge in [-0.1, -0.05) is 41.4 Å². The normalized spacial score (nSPS) is 16.5. The van der Waals surface area contributed by atoms with E-state index in [4.69, 9.17) is 42.7 Å². The van der Waals surface area contributed by atoms with Crippen LogP contribution in [0.15, 0.2) is 52.4 Å². The summed E-state index contributed by atoms with van der Waals surface area (Å²) in [6, 6.07) is 13.1. The molecule has 0 bridgehead atoms. The van der Waals surface area contributed by atoms with Crippen LogP contribution in [0.3, 0.4) is 0 Å². The minimum atomic E-state index is -0.431. The monoisotopic (exact) mass is 405 g/mol. The van der Waals surface area contributed by atoms with Crippen LogP contribution >= 0.6 is 23.2 Å². The Balaban J connectivity index is 2.05. The summed E-state index contributed by atoms with van der Waals surface area (Å²) in [7, 11) is 3.19. The highest BCUT2D eigenvalue weighted by atomic mass is 35.5. The number of amidine groups is 1. The zero-order chi connectivity index (χ0) is 19.4. The van der Waals surface area contributed by atoms with Gasteiger partial charge in [0.2, 0.25) is 0 Å². The molecule has 0 aliphatic carbocycles. The summed E-state index contributed by atoms with van der Waals surface area (Å²) in [5.74, 6) is 0.715. The third-order valence-corrected chi connectivity index (χ3v) is 4.81. The fraction of sp³-hybridized carbons (Fsp3) is 0.300. The summed E-state index contributed by atoms with van der Waals surface area (Å²) in [4.78, 5) is 9.47. The second kappa shape index (κ2) is 8.85. The molecule has 7 heteroatoms. The molecule has 3 rings (SSSR count). The van der Waals surface area contributed by atoms with E-state index in [1.807, 2.05) is 49.4 Å². The quantitative estimate of drug-likeness (QED) is 0.735. The molecule has 0 aromatic heterocycles. The van der Waals surface area contributed by atoms with Gasteiger partial charge < -0.3 is 14.8 Å². The van der Waals surface area contributed by atoms with Crippen molar-refractivity contribution in [2.75, 3.05) is 26.1 Å². The van der Waals surface area contributed by atoms with Crippen LogP contribution in [0.4, 0.5) is 5.69 Å². The van der Waals surface area contributed by atoms with Crippen LogP contribution < -0.4 is 5.32 Å². The number of anilines is 1. The van der Waals surface area contributed by atoms with Gasteiger partial charge in [0.05, 0.1) is 12.3 Å². The molecule has 0 fully saturated rings. The topological polar surface area (TPSA) is 55.2 Å². The SMILES string of the molecule is COC(OC)[C@H](C)N=C1CN=C(c2ccccc2Cl)c2cc(Cl)ccc2N1. The van der Waals surface area contributed by atoms with Crippen LogP contribution in [-0.4, -0.2) is 44.6 Å². The van der Waals surface area contributed by atoms with Crippen molar-refractivity contribution < 1.29 is 9.47 Å². The first-order valence-corrected chi connectivity index (χ1v) is 9.27. The van der Waals surface area contributed by atoms with Crippen LogP contribution in [0.1, 0.15) is 18.1 Å². The number of benzodiazepines with no additional fused rings is 1. The highest BCUT2D eigenvalue weighted by Crippen LogP contribution is 2.29. The van der Waals surface area contributed by atoms with Gasteiger partial charge in [0.25, 0.3) is 0 Å². The Morgan fingerprint density at radius 3 is 2.52 bits per heavy atom. The number of ether oxygens (including phenoxy) is 2.